The number of aryl methyl sites for hydroxylation is 1. The van der Waals surface area contributed by atoms with Crippen LogP contribution in [0.5, 0.6) is 0 Å². The van der Waals surface area contributed by atoms with Crippen molar-refractivity contribution in [2.45, 2.75) is 32.1 Å². The second-order valence-electron chi connectivity index (χ2n) is 5.25. The van der Waals surface area contributed by atoms with E-state index in [0.717, 1.165) is 24.8 Å². The molecule has 1 aliphatic carbocycles. The average Bonchev–Trinajstić information content (AvgIpc) is 3.04. The Morgan fingerprint density at radius 2 is 2.24 bits per heavy atom. The molecule has 0 radical (unpaired) electrons. The zero-order chi connectivity index (χ0) is 14.8. The van der Waals surface area contributed by atoms with E-state index in [-0.39, 0.29) is 11.9 Å². The lowest BCUT2D eigenvalue weighted by molar-refractivity contribution is 0.0947. The summed E-state index contributed by atoms with van der Waals surface area (Å²) in [5.74, 6) is 0.757. The first-order valence-corrected chi connectivity index (χ1v) is 7.15. The number of aromatic amines is 1. The number of aromatic nitrogens is 5. The Kier molecular flexibility index (Phi) is 3.59. The molecular weight excluding hydrogens is 270 g/mol. The fourth-order valence-electron chi connectivity index (χ4n) is 2.75. The van der Waals surface area contributed by atoms with Gasteiger partial charge < -0.3 is 11.1 Å². The average molecular weight is 289 g/mol. The highest BCUT2D eigenvalue weighted by Crippen LogP contribution is 2.23. The highest BCUT2D eigenvalue weighted by Gasteiger charge is 2.23. The van der Waals surface area contributed by atoms with Gasteiger partial charge >= 0.3 is 0 Å². The van der Waals surface area contributed by atoms with Crippen LogP contribution in [0.2, 0.25) is 0 Å². The van der Waals surface area contributed by atoms with Crippen molar-refractivity contribution >= 4 is 11.9 Å². The van der Waals surface area contributed by atoms with Gasteiger partial charge in [0.05, 0.1) is 0 Å². The fourth-order valence-corrected chi connectivity index (χ4v) is 2.75. The number of nitrogens with zero attached hydrogens (tertiary/aromatic N) is 4. The van der Waals surface area contributed by atoms with Gasteiger partial charge in [0.2, 0.25) is 5.95 Å². The molecule has 1 aliphatic rings. The van der Waals surface area contributed by atoms with Crippen molar-refractivity contribution in [2.75, 3.05) is 12.3 Å². The molecule has 1 amide bonds. The van der Waals surface area contributed by atoms with E-state index < -0.39 is 0 Å². The topological polar surface area (TPSA) is 115 Å². The van der Waals surface area contributed by atoms with Crippen LogP contribution in [-0.2, 0) is 26.3 Å². The molecule has 112 valence electrons. The minimum atomic E-state index is -0.124. The second kappa shape index (κ2) is 5.55. The number of hydrogen-bond acceptors (Lipinski definition) is 5. The number of nitrogens with two attached hydrogens (primary N) is 1. The smallest absolute Gasteiger partial charge is 0.272 e. The summed E-state index contributed by atoms with van der Waals surface area (Å²) in [6, 6.07) is 0. The molecule has 0 bridgehead atoms. The van der Waals surface area contributed by atoms with Gasteiger partial charge in [-0.1, -0.05) is 0 Å². The molecular formula is C13H19N7O. The van der Waals surface area contributed by atoms with Crippen LogP contribution in [0.25, 0.3) is 0 Å². The minimum Gasteiger partial charge on any atom is -0.367 e. The van der Waals surface area contributed by atoms with Crippen LogP contribution >= 0.6 is 0 Å². The molecule has 2 heterocycles. The van der Waals surface area contributed by atoms with E-state index in [0.29, 0.717) is 24.5 Å². The molecule has 0 spiro atoms. The molecule has 0 saturated heterocycles. The maximum absolute atomic E-state index is 12.3. The number of carbonyl (C=O) groups excluding carboxylic acids is 1. The van der Waals surface area contributed by atoms with Crippen LogP contribution in [-0.4, -0.2) is 37.4 Å². The van der Waals surface area contributed by atoms with Gasteiger partial charge in [-0.15, -0.1) is 5.10 Å². The minimum absolute atomic E-state index is 0.124. The molecule has 2 aromatic heterocycles. The van der Waals surface area contributed by atoms with Crippen LogP contribution in [0.3, 0.4) is 0 Å². The molecule has 4 N–H and O–H groups in total. The summed E-state index contributed by atoms with van der Waals surface area (Å²) in [6.45, 7) is 0.471. The van der Waals surface area contributed by atoms with Crippen molar-refractivity contribution < 1.29 is 4.79 Å². The summed E-state index contributed by atoms with van der Waals surface area (Å²) in [5.41, 5.74) is 8.28. The number of H-pyrrole nitrogens is 1. The van der Waals surface area contributed by atoms with Crippen molar-refractivity contribution in [2.24, 2.45) is 7.05 Å². The third-order valence-corrected chi connectivity index (χ3v) is 3.78. The van der Waals surface area contributed by atoms with Gasteiger partial charge in [-0.2, -0.15) is 10.1 Å². The van der Waals surface area contributed by atoms with Gasteiger partial charge in [0.15, 0.2) is 5.69 Å². The summed E-state index contributed by atoms with van der Waals surface area (Å²) in [4.78, 5) is 16.3. The Morgan fingerprint density at radius 1 is 1.43 bits per heavy atom. The Balaban J connectivity index is 1.63. The Bertz CT molecular complexity index is 658. The van der Waals surface area contributed by atoms with Crippen LogP contribution in [0.4, 0.5) is 5.95 Å². The molecule has 0 atom stereocenters. The van der Waals surface area contributed by atoms with E-state index in [9.17, 15) is 4.79 Å². The van der Waals surface area contributed by atoms with Crippen molar-refractivity contribution in [1.82, 2.24) is 30.3 Å². The third-order valence-electron chi connectivity index (χ3n) is 3.78. The van der Waals surface area contributed by atoms with Gasteiger partial charge in [0, 0.05) is 31.3 Å². The van der Waals surface area contributed by atoms with Gasteiger partial charge in [-0.05, 0) is 25.7 Å². The normalized spacial score (nSPS) is 14.0. The van der Waals surface area contributed by atoms with Crippen LogP contribution < -0.4 is 11.1 Å². The maximum Gasteiger partial charge on any atom is 0.272 e. The Labute approximate surface area is 122 Å². The van der Waals surface area contributed by atoms with E-state index in [1.807, 2.05) is 11.7 Å². The quantitative estimate of drug-likeness (QED) is 0.731. The summed E-state index contributed by atoms with van der Waals surface area (Å²) >= 11 is 0. The molecule has 0 aliphatic heterocycles. The number of fused-ring (bicyclic) bond motifs is 1. The standard InChI is InChI=1S/C13H19N7O/c1-20-9-5-3-2-4-8(9)11(19-20)12(21)15-7-6-10-16-13(14)18-17-10/h2-7H2,1H3,(H,15,21)(H3,14,16,17,18). The Morgan fingerprint density at radius 3 is 3.00 bits per heavy atom. The van der Waals surface area contributed by atoms with E-state index >= 15 is 0 Å². The van der Waals surface area contributed by atoms with Crippen molar-refractivity contribution in [3.63, 3.8) is 0 Å². The summed E-state index contributed by atoms with van der Waals surface area (Å²) in [7, 11) is 1.90. The van der Waals surface area contributed by atoms with Crippen LogP contribution in [0.15, 0.2) is 0 Å². The lowest BCUT2D eigenvalue weighted by Gasteiger charge is -2.12. The molecule has 0 aromatic carbocycles. The van der Waals surface area contributed by atoms with Crippen LogP contribution in [0.1, 0.15) is 40.4 Å². The van der Waals surface area contributed by atoms with E-state index in [1.165, 1.54) is 12.1 Å². The molecule has 8 nitrogen and oxygen atoms in total. The number of nitrogens with one attached hydrogen (secondary N) is 2. The molecule has 0 unspecified atom stereocenters. The molecule has 0 saturated carbocycles. The van der Waals surface area contributed by atoms with Gasteiger partial charge in [-0.3, -0.25) is 14.6 Å². The molecule has 0 fully saturated rings. The summed E-state index contributed by atoms with van der Waals surface area (Å²) < 4.78 is 1.83. The number of hydrogen-bond donors (Lipinski definition) is 3. The predicted molar refractivity (Wildman–Crippen MR) is 76.7 cm³/mol. The molecule has 8 heteroatoms. The maximum atomic E-state index is 12.3. The second-order valence-corrected chi connectivity index (χ2v) is 5.25. The van der Waals surface area contributed by atoms with E-state index in [1.54, 1.807) is 0 Å². The largest absolute Gasteiger partial charge is 0.367 e. The highest BCUT2D eigenvalue weighted by molar-refractivity contribution is 5.94. The van der Waals surface area contributed by atoms with Gasteiger partial charge in [0.25, 0.3) is 5.91 Å². The summed E-state index contributed by atoms with van der Waals surface area (Å²) in [6.07, 6.45) is 4.79. The number of carbonyl (C=O) groups is 1. The summed E-state index contributed by atoms with van der Waals surface area (Å²) in [5, 5.41) is 13.7. The Hall–Kier alpha value is -2.38. The number of nitrogen functional groups attached to an aromatic ring is 1. The van der Waals surface area contributed by atoms with Gasteiger partial charge in [-0.25, -0.2) is 0 Å². The van der Waals surface area contributed by atoms with Crippen LogP contribution in [0, 0.1) is 0 Å². The molecule has 3 rings (SSSR count). The zero-order valence-corrected chi connectivity index (χ0v) is 12.0. The van der Waals surface area contributed by atoms with E-state index in [2.05, 4.69) is 25.6 Å². The predicted octanol–water partition coefficient (Wildman–Crippen LogP) is -0.0283. The number of rotatable bonds is 4. The first-order chi connectivity index (χ1) is 10.1. The molecule has 2 aromatic rings. The third kappa shape index (κ3) is 2.74. The van der Waals surface area contributed by atoms with E-state index in [4.69, 9.17) is 5.73 Å². The SMILES string of the molecule is Cn1nc(C(=O)NCCc2nc(N)n[nH]2)c2c1CCCC2. The highest BCUT2D eigenvalue weighted by atomic mass is 16.1. The zero-order valence-electron chi connectivity index (χ0n) is 12.0. The van der Waals surface area contributed by atoms with Crippen molar-refractivity contribution in [3.05, 3.63) is 22.8 Å². The fraction of sp³-hybridized carbons (Fsp3) is 0.538. The first-order valence-electron chi connectivity index (χ1n) is 7.15. The number of amides is 1. The first kappa shape index (κ1) is 13.6. The lowest BCUT2D eigenvalue weighted by Crippen LogP contribution is -2.27. The van der Waals surface area contributed by atoms with Crippen molar-refractivity contribution in [3.8, 4) is 0 Å². The lowest BCUT2D eigenvalue weighted by atomic mass is 9.95. The van der Waals surface area contributed by atoms with Gasteiger partial charge in [0.1, 0.15) is 5.82 Å². The van der Waals surface area contributed by atoms with Crippen molar-refractivity contribution in [1.29, 1.82) is 0 Å². The molecule has 21 heavy (non-hydrogen) atoms. The number of anilines is 1. The monoisotopic (exact) mass is 289 g/mol.